The van der Waals surface area contributed by atoms with E-state index in [1.54, 1.807) is 6.20 Å². The van der Waals surface area contributed by atoms with Crippen molar-refractivity contribution in [3.05, 3.63) is 18.1 Å². The first-order chi connectivity index (χ1) is 9.36. The second-order valence-electron chi connectivity index (χ2n) is 3.97. The first-order valence-corrected chi connectivity index (χ1v) is 7.47. The van der Waals surface area contributed by atoms with Crippen LogP contribution in [0.2, 0.25) is 0 Å². The summed E-state index contributed by atoms with van der Waals surface area (Å²) in [6, 6.07) is 2.03. The molecular formula is C11H10N6S2. The Bertz CT molecular complexity index is 614. The second-order valence-corrected chi connectivity index (χ2v) is 6.16. The van der Waals surface area contributed by atoms with Gasteiger partial charge in [0.1, 0.15) is 11.1 Å². The van der Waals surface area contributed by atoms with E-state index in [2.05, 4.69) is 25.1 Å². The molecule has 3 rings (SSSR count). The molecule has 8 heteroatoms. The molecule has 2 aromatic heterocycles. The number of nitriles is 1. The lowest BCUT2D eigenvalue weighted by atomic mass is 10.4. The van der Waals surface area contributed by atoms with Crippen molar-refractivity contribution in [1.29, 1.82) is 5.26 Å². The summed E-state index contributed by atoms with van der Waals surface area (Å²) in [5.41, 5.74) is 0.324. The Balaban J connectivity index is 1.78. The third kappa shape index (κ3) is 2.67. The molecule has 0 aliphatic carbocycles. The second kappa shape index (κ2) is 5.50. The number of anilines is 1. The molecule has 0 saturated carbocycles. The average Bonchev–Trinajstić information content (AvgIpc) is 3.09. The van der Waals surface area contributed by atoms with Gasteiger partial charge in [0, 0.05) is 25.5 Å². The maximum atomic E-state index is 8.97. The zero-order valence-corrected chi connectivity index (χ0v) is 11.6. The van der Waals surface area contributed by atoms with Crippen molar-refractivity contribution in [2.45, 2.75) is 22.2 Å². The molecule has 0 amide bonds. The molecule has 0 unspecified atom stereocenters. The van der Waals surface area contributed by atoms with Crippen LogP contribution in [-0.2, 0) is 0 Å². The first-order valence-electron chi connectivity index (χ1n) is 5.84. The summed E-state index contributed by atoms with van der Waals surface area (Å²) in [4.78, 5) is 10.4. The van der Waals surface area contributed by atoms with E-state index < -0.39 is 0 Å². The molecule has 2 aromatic rings. The van der Waals surface area contributed by atoms with Crippen molar-refractivity contribution in [3.8, 4) is 6.07 Å². The van der Waals surface area contributed by atoms with Crippen molar-refractivity contribution < 1.29 is 0 Å². The van der Waals surface area contributed by atoms with Crippen molar-refractivity contribution in [2.75, 3.05) is 18.0 Å². The fourth-order valence-corrected chi connectivity index (χ4v) is 3.65. The van der Waals surface area contributed by atoms with Crippen LogP contribution in [0, 0.1) is 11.3 Å². The zero-order chi connectivity index (χ0) is 13.1. The summed E-state index contributed by atoms with van der Waals surface area (Å²) in [6.45, 7) is 2.10. The molecular weight excluding hydrogens is 280 g/mol. The number of hydrogen-bond acceptors (Lipinski definition) is 8. The predicted molar refractivity (Wildman–Crippen MR) is 72.2 cm³/mol. The van der Waals surface area contributed by atoms with Gasteiger partial charge in [-0.1, -0.05) is 11.3 Å². The maximum absolute atomic E-state index is 8.97. The van der Waals surface area contributed by atoms with Gasteiger partial charge in [-0.05, 0) is 24.6 Å². The van der Waals surface area contributed by atoms with Gasteiger partial charge in [-0.25, -0.2) is 9.97 Å². The summed E-state index contributed by atoms with van der Waals surface area (Å²) < 4.78 is 0.791. The van der Waals surface area contributed by atoms with E-state index in [0.717, 1.165) is 22.6 Å². The molecule has 3 heterocycles. The molecule has 6 nitrogen and oxygen atoms in total. The van der Waals surface area contributed by atoms with Crippen LogP contribution in [-0.4, -0.2) is 33.3 Å². The standard InChI is InChI=1S/C11H10N6S2/c12-7-8-9(14-4-3-13-8)18-11-16-15-10(19-11)17-5-1-2-6-17/h3-4H,1-2,5-6H2. The van der Waals surface area contributed by atoms with Gasteiger partial charge < -0.3 is 4.90 Å². The van der Waals surface area contributed by atoms with Crippen LogP contribution in [0.15, 0.2) is 21.8 Å². The lowest BCUT2D eigenvalue weighted by Gasteiger charge is -2.10. The van der Waals surface area contributed by atoms with Crippen LogP contribution in [0.1, 0.15) is 18.5 Å². The molecule has 1 fully saturated rings. The van der Waals surface area contributed by atoms with Gasteiger partial charge in [0.15, 0.2) is 10.0 Å². The third-order valence-electron chi connectivity index (χ3n) is 2.73. The quantitative estimate of drug-likeness (QED) is 0.854. The van der Waals surface area contributed by atoms with E-state index in [1.165, 1.54) is 42.1 Å². The van der Waals surface area contributed by atoms with Gasteiger partial charge in [0.2, 0.25) is 5.13 Å². The van der Waals surface area contributed by atoms with Gasteiger partial charge in [-0.2, -0.15) is 5.26 Å². The van der Waals surface area contributed by atoms with Crippen molar-refractivity contribution in [3.63, 3.8) is 0 Å². The molecule has 0 spiro atoms. The van der Waals surface area contributed by atoms with Crippen LogP contribution in [0.3, 0.4) is 0 Å². The van der Waals surface area contributed by atoms with Crippen LogP contribution in [0.5, 0.6) is 0 Å². The lowest BCUT2D eigenvalue weighted by molar-refractivity contribution is 0.911. The Morgan fingerprint density at radius 1 is 1.21 bits per heavy atom. The van der Waals surface area contributed by atoms with Gasteiger partial charge >= 0.3 is 0 Å². The smallest absolute Gasteiger partial charge is 0.209 e. The SMILES string of the molecule is N#Cc1nccnc1Sc1nnc(N2CCCC2)s1. The molecule has 1 aliphatic heterocycles. The minimum Gasteiger partial charge on any atom is -0.347 e. The molecule has 19 heavy (non-hydrogen) atoms. The topological polar surface area (TPSA) is 78.6 Å². The molecule has 0 bridgehead atoms. The van der Waals surface area contributed by atoms with E-state index in [-0.39, 0.29) is 0 Å². The Labute approximate surface area is 118 Å². The Morgan fingerprint density at radius 3 is 2.79 bits per heavy atom. The first kappa shape index (κ1) is 12.3. The number of nitrogens with zero attached hydrogens (tertiary/aromatic N) is 6. The van der Waals surface area contributed by atoms with Gasteiger partial charge in [0.05, 0.1) is 0 Å². The summed E-state index contributed by atoms with van der Waals surface area (Å²) in [5, 5.41) is 18.8. The predicted octanol–water partition coefficient (Wildman–Crippen LogP) is 1.95. The minimum atomic E-state index is 0.324. The van der Waals surface area contributed by atoms with Crippen molar-refractivity contribution in [2.24, 2.45) is 0 Å². The highest BCUT2D eigenvalue weighted by Crippen LogP contribution is 2.34. The van der Waals surface area contributed by atoms with E-state index in [9.17, 15) is 0 Å². The minimum absolute atomic E-state index is 0.324. The molecule has 96 valence electrons. The molecule has 0 aromatic carbocycles. The lowest BCUT2D eigenvalue weighted by Crippen LogP contribution is -2.17. The van der Waals surface area contributed by atoms with E-state index >= 15 is 0 Å². The number of aromatic nitrogens is 4. The Hall–Kier alpha value is -1.72. The summed E-state index contributed by atoms with van der Waals surface area (Å²) in [5.74, 6) is 0. The highest BCUT2D eigenvalue weighted by Gasteiger charge is 2.18. The normalized spacial score (nSPS) is 14.6. The van der Waals surface area contributed by atoms with Crippen LogP contribution in [0.4, 0.5) is 5.13 Å². The van der Waals surface area contributed by atoms with E-state index in [1.807, 2.05) is 6.07 Å². The number of rotatable bonds is 3. The molecule has 0 N–H and O–H groups in total. The van der Waals surface area contributed by atoms with E-state index in [4.69, 9.17) is 5.26 Å². The fraction of sp³-hybridized carbons (Fsp3) is 0.364. The Kier molecular flexibility index (Phi) is 3.57. The Morgan fingerprint density at radius 2 is 2.00 bits per heavy atom. The van der Waals surface area contributed by atoms with Crippen LogP contribution < -0.4 is 4.90 Å². The fourth-order valence-electron chi connectivity index (χ4n) is 1.84. The monoisotopic (exact) mass is 290 g/mol. The number of hydrogen-bond donors (Lipinski definition) is 0. The van der Waals surface area contributed by atoms with Gasteiger partial charge in [-0.15, -0.1) is 10.2 Å². The summed E-state index contributed by atoms with van der Waals surface area (Å²) in [6.07, 6.45) is 5.51. The van der Waals surface area contributed by atoms with Crippen molar-refractivity contribution in [1.82, 2.24) is 20.2 Å². The van der Waals surface area contributed by atoms with Crippen LogP contribution in [0.25, 0.3) is 0 Å². The van der Waals surface area contributed by atoms with Gasteiger partial charge in [0.25, 0.3) is 0 Å². The highest BCUT2D eigenvalue weighted by atomic mass is 32.2. The molecule has 0 radical (unpaired) electrons. The maximum Gasteiger partial charge on any atom is 0.209 e. The molecule has 1 aliphatic rings. The van der Waals surface area contributed by atoms with Crippen molar-refractivity contribution >= 4 is 28.2 Å². The largest absolute Gasteiger partial charge is 0.347 e. The van der Waals surface area contributed by atoms with E-state index in [0.29, 0.717) is 10.7 Å². The zero-order valence-electron chi connectivity index (χ0n) is 9.98. The summed E-state index contributed by atoms with van der Waals surface area (Å²) >= 11 is 2.87. The van der Waals surface area contributed by atoms with Crippen LogP contribution >= 0.6 is 23.1 Å². The summed E-state index contributed by atoms with van der Waals surface area (Å²) in [7, 11) is 0. The van der Waals surface area contributed by atoms with Gasteiger partial charge in [-0.3, -0.25) is 0 Å². The third-order valence-corrected chi connectivity index (χ3v) is 4.75. The average molecular weight is 290 g/mol. The molecule has 0 atom stereocenters. The molecule has 1 saturated heterocycles. The highest BCUT2D eigenvalue weighted by molar-refractivity contribution is 8.01.